The smallest absolute Gasteiger partial charge is 0.242 e. The molecular formula is C24H31ClN2O2S. The number of carbonyl (C=O) groups is 2. The van der Waals surface area contributed by atoms with Gasteiger partial charge in [-0.1, -0.05) is 54.1 Å². The van der Waals surface area contributed by atoms with Gasteiger partial charge in [0.1, 0.15) is 6.04 Å². The fraction of sp³-hybridized carbons (Fsp3) is 0.417. The summed E-state index contributed by atoms with van der Waals surface area (Å²) in [5.74, 6) is 0.796. The minimum absolute atomic E-state index is 0.0786. The highest BCUT2D eigenvalue weighted by Gasteiger charge is 2.28. The van der Waals surface area contributed by atoms with E-state index in [0.29, 0.717) is 17.3 Å². The second kappa shape index (κ2) is 10.9. The predicted octanol–water partition coefficient (Wildman–Crippen LogP) is 5.21. The summed E-state index contributed by atoms with van der Waals surface area (Å²) in [5.41, 5.74) is 2.88. The molecule has 0 saturated heterocycles. The highest BCUT2D eigenvalue weighted by Crippen LogP contribution is 2.21. The van der Waals surface area contributed by atoms with Crippen LogP contribution in [0, 0.1) is 6.92 Å². The molecular weight excluding hydrogens is 416 g/mol. The van der Waals surface area contributed by atoms with Gasteiger partial charge in [0.25, 0.3) is 0 Å². The van der Waals surface area contributed by atoms with E-state index in [4.69, 9.17) is 11.6 Å². The van der Waals surface area contributed by atoms with Crippen molar-refractivity contribution in [3.63, 3.8) is 0 Å². The molecule has 2 aromatic rings. The van der Waals surface area contributed by atoms with Gasteiger partial charge in [0, 0.05) is 22.9 Å². The van der Waals surface area contributed by atoms with Crippen molar-refractivity contribution in [1.29, 1.82) is 0 Å². The Kier molecular flexibility index (Phi) is 8.80. The molecule has 30 heavy (non-hydrogen) atoms. The van der Waals surface area contributed by atoms with Crippen molar-refractivity contribution in [2.24, 2.45) is 0 Å². The van der Waals surface area contributed by atoms with Gasteiger partial charge in [-0.3, -0.25) is 9.59 Å². The first-order chi connectivity index (χ1) is 14.1. The van der Waals surface area contributed by atoms with E-state index in [9.17, 15) is 9.59 Å². The lowest BCUT2D eigenvalue weighted by Crippen LogP contribution is -2.52. The maximum Gasteiger partial charge on any atom is 0.242 e. The van der Waals surface area contributed by atoms with Crippen LogP contribution < -0.4 is 5.32 Å². The van der Waals surface area contributed by atoms with Crippen LogP contribution >= 0.6 is 23.4 Å². The standard InChI is InChI=1S/C24H31ClN2O2S/c1-17-10-6-7-12-20(17)15-30-16-22(28)27(14-19-11-8-9-13-21(19)25)18(2)23(29)26-24(3,4)5/h6-13,18H,14-16H2,1-5H3,(H,26,29). The number of carbonyl (C=O) groups excluding carboxylic acids is 2. The van der Waals surface area contributed by atoms with E-state index in [1.165, 1.54) is 11.1 Å². The summed E-state index contributed by atoms with van der Waals surface area (Å²) in [4.78, 5) is 27.5. The number of amides is 2. The summed E-state index contributed by atoms with van der Waals surface area (Å²) in [5, 5.41) is 3.56. The van der Waals surface area contributed by atoms with Gasteiger partial charge in [0.15, 0.2) is 0 Å². The molecule has 0 radical (unpaired) electrons. The van der Waals surface area contributed by atoms with E-state index in [1.54, 1.807) is 29.7 Å². The lowest BCUT2D eigenvalue weighted by Gasteiger charge is -2.31. The van der Waals surface area contributed by atoms with Gasteiger partial charge < -0.3 is 10.2 Å². The summed E-state index contributed by atoms with van der Waals surface area (Å²) in [7, 11) is 0. The van der Waals surface area contributed by atoms with Crippen LogP contribution in [0.15, 0.2) is 48.5 Å². The van der Waals surface area contributed by atoms with E-state index in [1.807, 2.05) is 51.1 Å². The molecule has 0 aromatic heterocycles. The topological polar surface area (TPSA) is 49.4 Å². The average Bonchev–Trinajstić information content (AvgIpc) is 2.67. The Labute approximate surface area is 189 Å². The Bertz CT molecular complexity index is 880. The lowest BCUT2D eigenvalue weighted by atomic mass is 10.1. The molecule has 0 heterocycles. The van der Waals surface area contributed by atoms with Crippen molar-refractivity contribution >= 4 is 35.2 Å². The van der Waals surface area contributed by atoms with Crippen LogP contribution in [-0.2, 0) is 21.9 Å². The van der Waals surface area contributed by atoms with E-state index >= 15 is 0 Å². The molecule has 2 rings (SSSR count). The molecule has 1 atom stereocenters. The van der Waals surface area contributed by atoms with Crippen molar-refractivity contribution < 1.29 is 9.59 Å². The van der Waals surface area contributed by atoms with Crippen molar-refractivity contribution in [3.05, 3.63) is 70.2 Å². The van der Waals surface area contributed by atoms with Crippen LogP contribution in [0.25, 0.3) is 0 Å². The molecule has 4 nitrogen and oxygen atoms in total. The normalized spacial score (nSPS) is 12.3. The van der Waals surface area contributed by atoms with Crippen LogP contribution in [-0.4, -0.2) is 34.0 Å². The Balaban J connectivity index is 2.13. The Morgan fingerprint density at radius 2 is 1.67 bits per heavy atom. The predicted molar refractivity (Wildman–Crippen MR) is 127 cm³/mol. The molecule has 0 aliphatic rings. The zero-order chi connectivity index (χ0) is 22.3. The van der Waals surface area contributed by atoms with Gasteiger partial charge >= 0.3 is 0 Å². The van der Waals surface area contributed by atoms with Gasteiger partial charge in [-0.15, -0.1) is 11.8 Å². The van der Waals surface area contributed by atoms with Gasteiger partial charge in [-0.25, -0.2) is 0 Å². The second-order valence-corrected chi connectivity index (χ2v) is 9.84. The summed E-state index contributed by atoms with van der Waals surface area (Å²) in [6.45, 7) is 9.91. The van der Waals surface area contributed by atoms with Gasteiger partial charge in [0.05, 0.1) is 5.75 Å². The fourth-order valence-electron chi connectivity index (χ4n) is 2.97. The van der Waals surface area contributed by atoms with Gasteiger partial charge in [-0.2, -0.15) is 0 Å². The third-order valence-electron chi connectivity index (χ3n) is 4.71. The largest absolute Gasteiger partial charge is 0.350 e. The van der Waals surface area contributed by atoms with E-state index < -0.39 is 6.04 Å². The van der Waals surface area contributed by atoms with E-state index in [2.05, 4.69) is 24.4 Å². The first-order valence-electron chi connectivity index (χ1n) is 10.1. The number of hydrogen-bond donors (Lipinski definition) is 1. The number of rotatable bonds is 8. The number of nitrogens with one attached hydrogen (secondary N) is 1. The molecule has 0 fully saturated rings. The quantitative estimate of drug-likeness (QED) is 0.605. The number of halogens is 1. The highest BCUT2D eigenvalue weighted by molar-refractivity contribution is 7.99. The minimum atomic E-state index is -0.605. The summed E-state index contributed by atoms with van der Waals surface area (Å²) in [6.07, 6.45) is 0. The fourth-order valence-corrected chi connectivity index (χ4v) is 4.15. The molecule has 0 spiro atoms. The monoisotopic (exact) mass is 446 g/mol. The molecule has 6 heteroatoms. The number of benzene rings is 2. The van der Waals surface area contributed by atoms with Gasteiger partial charge in [-0.05, 0) is 57.4 Å². The molecule has 0 aliphatic heterocycles. The molecule has 1 N–H and O–H groups in total. The van der Waals surface area contributed by atoms with Crippen molar-refractivity contribution in [1.82, 2.24) is 10.2 Å². The Morgan fingerprint density at radius 1 is 1.07 bits per heavy atom. The number of hydrogen-bond acceptors (Lipinski definition) is 3. The summed E-state index contributed by atoms with van der Waals surface area (Å²) >= 11 is 7.88. The van der Waals surface area contributed by atoms with Crippen molar-refractivity contribution in [2.45, 2.75) is 58.5 Å². The number of thioether (sulfide) groups is 1. The third-order valence-corrected chi connectivity index (χ3v) is 6.04. The summed E-state index contributed by atoms with van der Waals surface area (Å²) < 4.78 is 0. The minimum Gasteiger partial charge on any atom is -0.350 e. The maximum atomic E-state index is 13.1. The summed E-state index contributed by atoms with van der Waals surface area (Å²) in [6, 6.07) is 15.0. The van der Waals surface area contributed by atoms with Gasteiger partial charge in [0.2, 0.25) is 11.8 Å². The molecule has 1 unspecified atom stereocenters. The van der Waals surface area contributed by atoms with E-state index in [-0.39, 0.29) is 17.4 Å². The van der Waals surface area contributed by atoms with Crippen molar-refractivity contribution in [3.8, 4) is 0 Å². The first kappa shape index (κ1) is 24.3. The van der Waals surface area contributed by atoms with E-state index in [0.717, 1.165) is 11.3 Å². The SMILES string of the molecule is Cc1ccccc1CSCC(=O)N(Cc1ccccc1Cl)C(C)C(=O)NC(C)(C)C. The first-order valence-corrected chi connectivity index (χ1v) is 11.6. The zero-order valence-electron chi connectivity index (χ0n) is 18.4. The molecule has 162 valence electrons. The third kappa shape index (κ3) is 7.37. The zero-order valence-corrected chi connectivity index (χ0v) is 19.9. The molecule has 0 saturated carbocycles. The van der Waals surface area contributed by atoms with Crippen LogP contribution in [0.5, 0.6) is 0 Å². The molecule has 0 aliphatic carbocycles. The van der Waals surface area contributed by atoms with Crippen LogP contribution in [0.4, 0.5) is 0 Å². The highest BCUT2D eigenvalue weighted by atomic mass is 35.5. The lowest BCUT2D eigenvalue weighted by molar-refractivity contribution is -0.139. The second-order valence-electron chi connectivity index (χ2n) is 8.45. The van der Waals surface area contributed by atoms with Crippen LogP contribution in [0.2, 0.25) is 5.02 Å². The van der Waals surface area contributed by atoms with Crippen LogP contribution in [0.1, 0.15) is 44.4 Å². The van der Waals surface area contributed by atoms with Crippen LogP contribution in [0.3, 0.4) is 0 Å². The molecule has 0 bridgehead atoms. The average molecular weight is 447 g/mol. The number of nitrogens with zero attached hydrogens (tertiary/aromatic N) is 1. The Hall–Kier alpha value is -1.98. The molecule has 2 aromatic carbocycles. The number of aryl methyl sites for hydroxylation is 1. The van der Waals surface area contributed by atoms with Crippen molar-refractivity contribution in [2.75, 3.05) is 5.75 Å². The molecule has 2 amide bonds. The Morgan fingerprint density at radius 3 is 2.27 bits per heavy atom. The maximum absolute atomic E-state index is 13.1.